The lowest BCUT2D eigenvalue weighted by Crippen LogP contribution is -2.38. The molecule has 2 aromatic carbocycles. The summed E-state index contributed by atoms with van der Waals surface area (Å²) < 4.78 is 30.7. The van der Waals surface area contributed by atoms with Crippen LogP contribution in [0.15, 0.2) is 51.8 Å². The van der Waals surface area contributed by atoms with Gasteiger partial charge in [-0.1, -0.05) is 28.1 Å². The average molecular weight is 441 g/mol. The van der Waals surface area contributed by atoms with Crippen LogP contribution >= 0.6 is 15.9 Å². The Balaban J connectivity index is 1.91. The molecule has 138 valence electrons. The summed E-state index contributed by atoms with van der Waals surface area (Å²) in [7, 11) is -3.71. The Morgan fingerprint density at radius 1 is 1.23 bits per heavy atom. The SMILES string of the molecule is CS(=O)(=O)c1cc(N2CCOC(c3ccc(Br)cc3)C2)ccc1[N+](=O)[O-]. The molecule has 0 saturated carbocycles. The fourth-order valence-corrected chi connectivity index (χ4v) is 4.03. The third-order valence-corrected chi connectivity index (χ3v) is 5.87. The zero-order valence-corrected chi connectivity index (χ0v) is 16.4. The molecule has 0 radical (unpaired) electrons. The number of sulfone groups is 1. The van der Waals surface area contributed by atoms with Crippen LogP contribution in [0, 0.1) is 10.1 Å². The first-order valence-corrected chi connectivity index (χ1v) is 10.5. The second-order valence-corrected chi connectivity index (χ2v) is 8.94. The Kier molecular flexibility index (Phi) is 5.31. The van der Waals surface area contributed by atoms with Crippen LogP contribution in [0.2, 0.25) is 0 Å². The molecule has 3 rings (SSSR count). The summed E-state index contributed by atoms with van der Waals surface area (Å²) in [6.07, 6.45) is 0.817. The van der Waals surface area contributed by atoms with E-state index in [0.717, 1.165) is 16.3 Å². The number of ether oxygens (including phenoxy) is 1. The third-order valence-electron chi connectivity index (χ3n) is 4.21. The average Bonchev–Trinajstić information content (AvgIpc) is 2.61. The van der Waals surface area contributed by atoms with Crippen molar-refractivity contribution in [2.45, 2.75) is 11.0 Å². The minimum absolute atomic E-state index is 0.159. The molecule has 0 spiro atoms. The lowest BCUT2D eigenvalue weighted by atomic mass is 10.1. The number of rotatable bonds is 4. The fourth-order valence-electron chi connectivity index (χ4n) is 2.91. The summed E-state index contributed by atoms with van der Waals surface area (Å²) in [4.78, 5) is 12.2. The van der Waals surface area contributed by atoms with E-state index in [0.29, 0.717) is 25.4 Å². The summed E-state index contributed by atoms with van der Waals surface area (Å²) in [5, 5.41) is 11.1. The predicted molar refractivity (Wildman–Crippen MR) is 101 cm³/mol. The zero-order valence-electron chi connectivity index (χ0n) is 14.0. The minimum atomic E-state index is -3.71. The van der Waals surface area contributed by atoms with Gasteiger partial charge in [0.15, 0.2) is 9.84 Å². The van der Waals surface area contributed by atoms with Crippen molar-refractivity contribution >= 4 is 37.1 Å². The van der Waals surface area contributed by atoms with Crippen molar-refractivity contribution in [3.8, 4) is 0 Å². The molecule has 1 aliphatic heterocycles. The van der Waals surface area contributed by atoms with Crippen LogP contribution in [-0.4, -0.2) is 39.3 Å². The lowest BCUT2D eigenvalue weighted by molar-refractivity contribution is -0.387. The summed E-state index contributed by atoms with van der Waals surface area (Å²) in [5.41, 5.74) is 1.23. The summed E-state index contributed by atoms with van der Waals surface area (Å²) in [6, 6.07) is 12.0. The van der Waals surface area contributed by atoms with E-state index in [1.54, 1.807) is 6.07 Å². The van der Waals surface area contributed by atoms with Crippen LogP contribution in [0.4, 0.5) is 11.4 Å². The van der Waals surface area contributed by atoms with Gasteiger partial charge in [0, 0.05) is 35.6 Å². The summed E-state index contributed by atoms with van der Waals surface area (Å²) in [5.74, 6) is 0. The number of morpholine rings is 1. The van der Waals surface area contributed by atoms with Crippen LogP contribution < -0.4 is 4.90 Å². The Hall–Kier alpha value is -1.97. The lowest BCUT2D eigenvalue weighted by Gasteiger charge is -2.35. The van der Waals surface area contributed by atoms with Gasteiger partial charge >= 0.3 is 0 Å². The van der Waals surface area contributed by atoms with Gasteiger partial charge in [0.1, 0.15) is 11.0 Å². The minimum Gasteiger partial charge on any atom is -0.370 e. The maximum absolute atomic E-state index is 12.0. The highest BCUT2D eigenvalue weighted by Crippen LogP contribution is 2.32. The molecule has 0 aliphatic carbocycles. The zero-order chi connectivity index (χ0) is 18.9. The van der Waals surface area contributed by atoms with Gasteiger partial charge in [-0.2, -0.15) is 0 Å². The van der Waals surface area contributed by atoms with Crippen LogP contribution in [0.1, 0.15) is 11.7 Å². The van der Waals surface area contributed by atoms with Gasteiger partial charge in [0.25, 0.3) is 5.69 Å². The highest BCUT2D eigenvalue weighted by Gasteiger charge is 2.27. The van der Waals surface area contributed by atoms with E-state index in [1.807, 2.05) is 29.2 Å². The van der Waals surface area contributed by atoms with Gasteiger partial charge in [0.05, 0.1) is 11.5 Å². The van der Waals surface area contributed by atoms with Crippen LogP contribution in [0.5, 0.6) is 0 Å². The van der Waals surface area contributed by atoms with Gasteiger partial charge in [0.2, 0.25) is 0 Å². The van der Waals surface area contributed by atoms with Gasteiger partial charge in [-0.25, -0.2) is 8.42 Å². The number of hydrogen-bond acceptors (Lipinski definition) is 6. The van der Waals surface area contributed by atoms with Crippen molar-refractivity contribution in [1.82, 2.24) is 0 Å². The number of hydrogen-bond donors (Lipinski definition) is 0. The second-order valence-electron chi connectivity index (χ2n) is 6.04. The summed E-state index contributed by atoms with van der Waals surface area (Å²) >= 11 is 3.40. The number of halogens is 1. The maximum Gasteiger partial charge on any atom is 0.288 e. The van der Waals surface area contributed by atoms with Crippen molar-refractivity contribution in [3.63, 3.8) is 0 Å². The molecule has 26 heavy (non-hydrogen) atoms. The third kappa shape index (κ3) is 4.05. The molecular formula is C17H17BrN2O5S. The molecule has 1 heterocycles. The molecule has 0 aromatic heterocycles. The van der Waals surface area contributed by atoms with E-state index in [1.165, 1.54) is 12.1 Å². The summed E-state index contributed by atoms with van der Waals surface area (Å²) in [6.45, 7) is 1.59. The molecule has 2 aromatic rings. The molecule has 1 atom stereocenters. The van der Waals surface area contributed by atoms with E-state index in [-0.39, 0.29) is 11.0 Å². The monoisotopic (exact) mass is 440 g/mol. The quantitative estimate of drug-likeness (QED) is 0.534. The molecule has 1 saturated heterocycles. The van der Waals surface area contributed by atoms with Gasteiger partial charge in [-0.15, -0.1) is 0 Å². The Morgan fingerprint density at radius 2 is 1.92 bits per heavy atom. The Morgan fingerprint density at radius 3 is 2.54 bits per heavy atom. The van der Waals surface area contributed by atoms with E-state index >= 15 is 0 Å². The molecule has 0 N–H and O–H groups in total. The molecule has 1 aliphatic rings. The van der Waals surface area contributed by atoms with Crippen LogP contribution in [0.25, 0.3) is 0 Å². The fraction of sp³-hybridized carbons (Fsp3) is 0.294. The van der Waals surface area contributed by atoms with Gasteiger partial charge in [-0.05, 0) is 29.8 Å². The first kappa shape index (κ1) is 18.8. The van der Waals surface area contributed by atoms with E-state index in [4.69, 9.17) is 4.74 Å². The first-order valence-electron chi connectivity index (χ1n) is 7.86. The number of benzene rings is 2. The molecule has 7 nitrogen and oxygen atoms in total. The molecular weight excluding hydrogens is 424 g/mol. The topological polar surface area (TPSA) is 89.8 Å². The van der Waals surface area contributed by atoms with Gasteiger partial charge in [-0.3, -0.25) is 10.1 Å². The van der Waals surface area contributed by atoms with E-state index < -0.39 is 20.4 Å². The standard InChI is InChI=1S/C17H17BrN2O5S/c1-26(23,24)17-10-14(6-7-15(17)20(21)22)19-8-9-25-16(11-19)12-2-4-13(18)5-3-12/h2-7,10,16H,8-9,11H2,1H3. The molecule has 9 heteroatoms. The van der Waals surface area contributed by atoms with Crippen LogP contribution in [0.3, 0.4) is 0 Å². The van der Waals surface area contributed by atoms with Crippen LogP contribution in [-0.2, 0) is 14.6 Å². The normalized spacial score (nSPS) is 17.9. The Labute approximate surface area is 159 Å². The highest BCUT2D eigenvalue weighted by molar-refractivity contribution is 9.10. The van der Waals surface area contributed by atoms with Crippen molar-refractivity contribution in [3.05, 3.63) is 62.6 Å². The molecule has 1 fully saturated rings. The van der Waals surface area contributed by atoms with Crippen molar-refractivity contribution in [1.29, 1.82) is 0 Å². The first-order chi connectivity index (χ1) is 12.3. The van der Waals surface area contributed by atoms with E-state index in [2.05, 4.69) is 15.9 Å². The van der Waals surface area contributed by atoms with Crippen molar-refractivity contribution in [2.24, 2.45) is 0 Å². The number of nitrogens with zero attached hydrogens (tertiary/aromatic N) is 2. The molecule has 0 amide bonds. The highest BCUT2D eigenvalue weighted by atomic mass is 79.9. The number of anilines is 1. The molecule has 0 bridgehead atoms. The predicted octanol–water partition coefficient (Wildman–Crippen LogP) is 3.34. The maximum atomic E-state index is 12.0. The van der Waals surface area contributed by atoms with Crippen molar-refractivity contribution < 1.29 is 18.1 Å². The van der Waals surface area contributed by atoms with E-state index in [9.17, 15) is 18.5 Å². The molecule has 1 unspecified atom stereocenters. The van der Waals surface area contributed by atoms with Gasteiger partial charge < -0.3 is 9.64 Å². The number of nitro benzene ring substituents is 1. The number of nitro groups is 1. The smallest absolute Gasteiger partial charge is 0.288 e. The Bertz CT molecular complexity index is 931. The second kappa shape index (κ2) is 7.34. The largest absolute Gasteiger partial charge is 0.370 e. The van der Waals surface area contributed by atoms with Crippen molar-refractivity contribution in [2.75, 3.05) is 30.9 Å².